The summed E-state index contributed by atoms with van der Waals surface area (Å²) in [6.45, 7) is 6.59. The van der Waals surface area contributed by atoms with Gasteiger partial charge in [0.2, 0.25) is 11.8 Å². The third kappa shape index (κ3) is 9.42. The van der Waals surface area contributed by atoms with E-state index in [1.165, 1.54) is 29.2 Å². The van der Waals surface area contributed by atoms with Crippen molar-refractivity contribution in [3.8, 4) is 0 Å². The van der Waals surface area contributed by atoms with Gasteiger partial charge in [0.25, 0.3) is 10.0 Å². The van der Waals surface area contributed by atoms with Crippen LogP contribution in [0.15, 0.2) is 95.9 Å². The number of rotatable bonds is 11. The Morgan fingerprint density at radius 1 is 0.787 bits per heavy atom. The van der Waals surface area contributed by atoms with E-state index in [1.54, 1.807) is 36.4 Å². The molecule has 0 bridgehead atoms. The zero-order valence-electron chi connectivity index (χ0n) is 26.3. The molecule has 7 nitrogen and oxygen atoms in total. The highest BCUT2D eigenvalue weighted by molar-refractivity contribution is 7.92. The normalized spacial score (nSPS) is 12.3. The van der Waals surface area contributed by atoms with E-state index in [1.807, 2.05) is 58.0 Å². The van der Waals surface area contributed by atoms with Crippen LogP contribution in [0.25, 0.3) is 0 Å². The van der Waals surface area contributed by atoms with E-state index in [4.69, 9.17) is 46.4 Å². The summed E-state index contributed by atoms with van der Waals surface area (Å²) in [4.78, 5) is 29.9. The van der Waals surface area contributed by atoms with Gasteiger partial charge < -0.3 is 10.2 Å². The lowest BCUT2D eigenvalue weighted by Crippen LogP contribution is -2.56. The van der Waals surface area contributed by atoms with Gasteiger partial charge in [0.1, 0.15) is 12.6 Å². The minimum atomic E-state index is -4.35. The SMILES string of the molecule is Cc1ccc(S(=O)(=O)N(CC(=O)N(Cc2ccc(Cl)c(Cl)c2)[C@@H](Cc2ccccc2)C(=O)NC(C)(C)C)c2cccc(Cl)c2Cl)cc1. The summed E-state index contributed by atoms with van der Waals surface area (Å²) in [5.41, 5.74) is 1.63. The maximum Gasteiger partial charge on any atom is 0.264 e. The molecule has 0 saturated carbocycles. The number of aryl methyl sites for hydroxylation is 1. The van der Waals surface area contributed by atoms with Crippen molar-refractivity contribution in [3.63, 3.8) is 0 Å². The first-order valence-corrected chi connectivity index (χ1v) is 17.6. The van der Waals surface area contributed by atoms with Gasteiger partial charge in [-0.3, -0.25) is 13.9 Å². The first-order valence-electron chi connectivity index (χ1n) is 14.7. The van der Waals surface area contributed by atoms with Crippen molar-refractivity contribution in [1.82, 2.24) is 10.2 Å². The molecule has 12 heteroatoms. The Labute approximate surface area is 296 Å². The van der Waals surface area contributed by atoms with E-state index >= 15 is 0 Å². The van der Waals surface area contributed by atoms with Gasteiger partial charge in [-0.15, -0.1) is 0 Å². The van der Waals surface area contributed by atoms with Gasteiger partial charge in [-0.05, 0) is 75.2 Å². The predicted molar refractivity (Wildman–Crippen MR) is 191 cm³/mol. The van der Waals surface area contributed by atoms with E-state index in [0.29, 0.717) is 10.6 Å². The van der Waals surface area contributed by atoms with E-state index in [9.17, 15) is 18.0 Å². The Kier molecular flexibility index (Phi) is 11.9. The molecule has 0 aromatic heterocycles. The summed E-state index contributed by atoms with van der Waals surface area (Å²) in [6, 6.07) is 23.9. The molecule has 0 spiro atoms. The standard InChI is InChI=1S/C35H35Cl4N3O4S/c1-23-13-16-26(17-14-23)47(45,46)42(30-12-8-11-28(37)33(30)39)22-32(43)41(21-25-15-18-27(36)29(38)19-25)31(34(44)40-35(2,3)4)20-24-9-6-5-7-10-24/h5-19,31H,20-22H2,1-4H3,(H,40,44)/t31-/m0/s1. The molecule has 0 heterocycles. The minimum absolute atomic E-state index is 0.0151. The molecular formula is C35H35Cl4N3O4S. The average Bonchev–Trinajstić information content (AvgIpc) is 3.00. The second-order valence-electron chi connectivity index (χ2n) is 12.1. The van der Waals surface area contributed by atoms with E-state index in [-0.39, 0.29) is 38.6 Å². The predicted octanol–water partition coefficient (Wildman–Crippen LogP) is 8.36. The number of hydrogen-bond donors (Lipinski definition) is 1. The van der Waals surface area contributed by atoms with Crippen LogP contribution >= 0.6 is 46.4 Å². The third-order valence-corrected chi connectivity index (χ3v) is 10.5. The lowest BCUT2D eigenvalue weighted by atomic mass is 10.0. The largest absolute Gasteiger partial charge is 0.350 e. The number of halogens is 4. The second-order valence-corrected chi connectivity index (χ2v) is 15.6. The quantitative estimate of drug-likeness (QED) is 0.168. The molecule has 4 aromatic carbocycles. The molecule has 0 aliphatic heterocycles. The van der Waals surface area contributed by atoms with Crippen molar-refractivity contribution in [2.75, 3.05) is 10.8 Å². The van der Waals surface area contributed by atoms with Crippen LogP contribution in [0.4, 0.5) is 5.69 Å². The molecule has 1 atom stereocenters. The van der Waals surface area contributed by atoms with Crippen molar-refractivity contribution in [2.45, 2.75) is 57.1 Å². The fourth-order valence-electron chi connectivity index (χ4n) is 4.88. The van der Waals surface area contributed by atoms with Gasteiger partial charge in [0, 0.05) is 18.5 Å². The molecule has 0 radical (unpaired) electrons. The van der Waals surface area contributed by atoms with Crippen LogP contribution in [-0.4, -0.2) is 43.3 Å². The molecule has 2 amide bonds. The van der Waals surface area contributed by atoms with Gasteiger partial charge >= 0.3 is 0 Å². The molecule has 0 saturated heterocycles. The summed E-state index contributed by atoms with van der Waals surface area (Å²) < 4.78 is 29.4. The zero-order valence-corrected chi connectivity index (χ0v) is 30.1. The van der Waals surface area contributed by atoms with Gasteiger partial charge in [0.05, 0.1) is 30.7 Å². The molecule has 0 aliphatic rings. The first-order chi connectivity index (χ1) is 22.1. The highest BCUT2D eigenvalue weighted by atomic mass is 35.5. The summed E-state index contributed by atoms with van der Waals surface area (Å²) in [5, 5.41) is 3.66. The number of sulfonamides is 1. The Morgan fingerprint density at radius 3 is 2.06 bits per heavy atom. The maximum atomic E-state index is 14.6. The molecular weight excluding hydrogens is 700 g/mol. The summed E-state index contributed by atoms with van der Waals surface area (Å²) >= 11 is 25.4. The number of anilines is 1. The van der Waals surface area contributed by atoms with Crippen LogP contribution in [-0.2, 0) is 32.6 Å². The molecule has 0 aliphatic carbocycles. The Morgan fingerprint density at radius 2 is 1.45 bits per heavy atom. The van der Waals surface area contributed by atoms with Crippen molar-refractivity contribution in [2.24, 2.45) is 0 Å². The number of carbonyl (C=O) groups excluding carboxylic acids is 2. The molecule has 1 N–H and O–H groups in total. The number of amides is 2. The smallest absolute Gasteiger partial charge is 0.264 e. The van der Waals surface area contributed by atoms with Gasteiger partial charge in [-0.1, -0.05) is 107 Å². The van der Waals surface area contributed by atoms with Crippen molar-refractivity contribution < 1.29 is 18.0 Å². The molecule has 4 rings (SSSR count). The van der Waals surface area contributed by atoms with Crippen LogP contribution in [0, 0.1) is 6.92 Å². The minimum Gasteiger partial charge on any atom is -0.350 e. The number of nitrogens with one attached hydrogen (secondary N) is 1. The summed E-state index contributed by atoms with van der Waals surface area (Å²) in [5.74, 6) is -1.07. The van der Waals surface area contributed by atoms with Gasteiger partial charge in [-0.25, -0.2) is 8.42 Å². The van der Waals surface area contributed by atoms with E-state index in [0.717, 1.165) is 15.4 Å². The van der Waals surface area contributed by atoms with Crippen molar-refractivity contribution >= 4 is 73.9 Å². The summed E-state index contributed by atoms with van der Waals surface area (Å²) in [7, 11) is -4.35. The molecule has 248 valence electrons. The van der Waals surface area contributed by atoms with Crippen molar-refractivity contribution in [3.05, 3.63) is 128 Å². The van der Waals surface area contributed by atoms with Crippen LogP contribution in [0.1, 0.15) is 37.5 Å². The van der Waals surface area contributed by atoms with E-state index in [2.05, 4.69) is 5.32 Å². The first kappa shape index (κ1) is 36.6. The lowest BCUT2D eigenvalue weighted by molar-refractivity contribution is -0.140. The van der Waals surface area contributed by atoms with Gasteiger partial charge in [0.15, 0.2) is 0 Å². The monoisotopic (exact) mass is 733 g/mol. The zero-order chi connectivity index (χ0) is 34.5. The Balaban J connectivity index is 1.86. The maximum absolute atomic E-state index is 14.6. The van der Waals surface area contributed by atoms with Crippen LogP contribution in [0.2, 0.25) is 20.1 Å². The Bertz CT molecular complexity index is 1850. The number of benzene rings is 4. The van der Waals surface area contributed by atoms with E-state index < -0.39 is 40.0 Å². The number of hydrogen-bond acceptors (Lipinski definition) is 4. The molecule has 0 unspecified atom stereocenters. The van der Waals surface area contributed by atoms with Crippen LogP contribution in [0.5, 0.6) is 0 Å². The lowest BCUT2D eigenvalue weighted by Gasteiger charge is -2.35. The third-order valence-electron chi connectivity index (χ3n) is 7.19. The molecule has 0 fully saturated rings. The number of carbonyl (C=O) groups is 2. The average molecular weight is 736 g/mol. The highest BCUT2D eigenvalue weighted by Crippen LogP contribution is 2.36. The molecule has 4 aromatic rings. The topological polar surface area (TPSA) is 86.8 Å². The summed E-state index contributed by atoms with van der Waals surface area (Å²) in [6.07, 6.45) is 0.151. The second kappa shape index (κ2) is 15.3. The highest BCUT2D eigenvalue weighted by Gasteiger charge is 2.36. The fourth-order valence-corrected chi connectivity index (χ4v) is 7.07. The number of nitrogens with zero attached hydrogens (tertiary/aromatic N) is 2. The van der Waals surface area contributed by atoms with Crippen molar-refractivity contribution in [1.29, 1.82) is 0 Å². The fraction of sp³-hybridized carbons (Fsp3) is 0.257. The van der Waals surface area contributed by atoms with Gasteiger partial charge in [-0.2, -0.15) is 0 Å². The van der Waals surface area contributed by atoms with Crippen LogP contribution in [0.3, 0.4) is 0 Å². The van der Waals surface area contributed by atoms with Crippen LogP contribution < -0.4 is 9.62 Å². The molecule has 47 heavy (non-hydrogen) atoms. The Hall–Kier alpha value is -3.27.